The molecule has 130 valence electrons. The lowest BCUT2D eigenvalue weighted by Gasteiger charge is -2.22. The molecule has 0 spiro atoms. The molecule has 0 saturated carbocycles. The van der Waals surface area contributed by atoms with E-state index in [2.05, 4.69) is 31.0 Å². The van der Waals surface area contributed by atoms with E-state index in [9.17, 15) is 4.79 Å². The van der Waals surface area contributed by atoms with E-state index in [1.807, 2.05) is 35.6 Å². The first kappa shape index (κ1) is 16.8. The summed E-state index contributed by atoms with van der Waals surface area (Å²) in [4.78, 5) is 16.8. The van der Waals surface area contributed by atoms with Gasteiger partial charge in [0.05, 0.1) is 12.2 Å². The molecule has 1 fully saturated rings. The predicted octanol–water partition coefficient (Wildman–Crippen LogP) is 2.16. The number of furan rings is 1. The number of rotatable bonds is 4. The first-order chi connectivity index (χ1) is 11.3. The quantitative estimate of drug-likeness (QED) is 0.862. The van der Waals surface area contributed by atoms with Crippen molar-refractivity contribution in [2.75, 3.05) is 27.2 Å². The van der Waals surface area contributed by atoms with Crippen LogP contribution in [-0.2, 0) is 6.54 Å². The fourth-order valence-corrected chi connectivity index (χ4v) is 3.50. The van der Waals surface area contributed by atoms with Crippen LogP contribution in [0.15, 0.2) is 22.6 Å². The summed E-state index contributed by atoms with van der Waals surface area (Å²) in [6.07, 6.45) is 0. The third-order valence-corrected chi connectivity index (χ3v) is 4.80. The van der Waals surface area contributed by atoms with Gasteiger partial charge in [0.25, 0.3) is 5.91 Å². The third kappa shape index (κ3) is 3.24. The number of likely N-dealkylation sites (tertiary alicyclic amines) is 1. The lowest BCUT2D eigenvalue weighted by Crippen LogP contribution is -2.35. The maximum Gasteiger partial charge on any atom is 0.289 e. The predicted molar refractivity (Wildman–Crippen MR) is 92.1 cm³/mol. The molecule has 24 heavy (non-hydrogen) atoms. The summed E-state index contributed by atoms with van der Waals surface area (Å²) < 4.78 is 7.68. The summed E-state index contributed by atoms with van der Waals surface area (Å²) in [6.45, 7) is 8.24. The van der Waals surface area contributed by atoms with Gasteiger partial charge in [-0.15, -0.1) is 0 Å². The van der Waals surface area contributed by atoms with Gasteiger partial charge in [0.2, 0.25) is 0 Å². The number of carbonyl (C=O) groups excluding carboxylic acids is 1. The van der Waals surface area contributed by atoms with Gasteiger partial charge in [-0.25, -0.2) is 0 Å². The van der Waals surface area contributed by atoms with Crippen LogP contribution in [0.5, 0.6) is 0 Å². The van der Waals surface area contributed by atoms with Crippen LogP contribution in [0.1, 0.15) is 34.6 Å². The first-order valence-electron chi connectivity index (χ1n) is 8.40. The Morgan fingerprint density at radius 3 is 2.67 bits per heavy atom. The van der Waals surface area contributed by atoms with Crippen molar-refractivity contribution in [2.24, 2.45) is 5.92 Å². The highest BCUT2D eigenvalue weighted by atomic mass is 16.4. The number of amides is 1. The topological polar surface area (TPSA) is 54.5 Å². The Morgan fingerprint density at radius 2 is 2.08 bits per heavy atom. The van der Waals surface area contributed by atoms with Crippen LogP contribution in [0.2, 0.25) is 0 Å². The smallest absolute Gasteiger partial charge is 0.289 e. The molecule has 6 heteroatoms. The van der Waals surface area contributed by atoms with Crippen LogP contribution < -0.4 is 0 Å². The second kappa shape index (κ2) is 6.43. The normalized spacial score (nSPS) is 21.0. The Hall–Kier alpha value is -2.08. The van der Waals surface area contributed by atoms with Crippen LogP contribution in [0.25, 0.3) is 0 Å². The molecule has 0 unspecified atom stereocenters. The summed E-state index contributed by atoms with van der Waals surface area (Å²) in [6, 6.07) is 6.07. The summed E-state index contributed by atoms with van der Waals surface area (Å²) in [5, 5.41) is 4.43. The largest absolute Gasteiger partial charge is 0.454 e. The molecule has 2 atom stereocenters. The fourth-order valence-electron chi connectivity index (χ4n) is 3.50. The van der Waals surface area contributed by atoms with Gasteiger partial charge in [0, 0.05) is 24.8 Å². The van der Waals surface area contributed by atoms with Crippen molar-refractivity contribution in [1.29, 1.82) is 0 Å². The van der Waals surface area contributed by atoms with Crippen molar-refractivity contribution in [3.8, 4) is 0 Å². The van der Waals surface area contributed by atoms with E-state index >= 15 is 0 Å². The van der Waals surface area contributed by atoms with Crippen molar-refractivity contribution in [3.63, 3.8) is 0 Å². The maximum absolute atomic E-state index is 12.7. The Balaban J connectivity index is 1.69. The molecule has 2 aromatic heterocycles. The van der Waals surface area contributed by atoms with Gasteiger partial charge >= 0.3 is 0 Å². The van der Waals surface area contributed by atoms with E-state index in [1.54, 1.807) is 6.07 Å². The molecule has 3 heterocycles. The standard InChI is InChI=1S/C18H26N4O2/c1-12-9-21(11-16(12)20(4)5)18(23)17-7-6-15(24-17)10-22-14(3)8-13(2)19-22/h6-8,12,16H,9-11H2,1-5H3/t12-,16+/m0/s1. The van der Waals surface area contributed by atoms with E-state index in [0.717, 1.165) is 30.2 Å². The molecule has 1 amide bonds. The van der Waals surface area contributed by atoms with Crippen molar-refractivity contribution in [2.45, 2.75) is 33.4 Å². The van der Waals surface area contributed by atoms with Gasteiger partial charge in [-0.05, 0) is 52.1 Å². The first-order valence-corrected chi connectivity index (χ1v) is 8.40. The molecule has 0 radical (unpaired) electrons. The van der Waals surface area contributed by atoms with Crippen LogP contribution >= 0.6 is 0 Å². The van der Waals surface area contributed by atoms with Crippen LogP contribution in [0, 0.1) is 19.8 Å². The monoisotopic (exact) mass is 330 g/mol. The van der Waals surface area contributed by atoms with Gasteiger partial charge in [-0.1, -0.05) is 6.92 Å². The summed E-state index contributed by atoms with van der Waals surface area (Å²) in [7, 11) is 4.13. The minimum Gasteiger partial charge on any atom is -0.454 e. The second-order valence-electron chi connectivity index (χ2n) is 7.07. The van der Waals surface area contributed by atoms with E-state index < -0.39 is 0 Å². The van der Waals surface area contributed by atoms with Crippen molar-refractivity contribution >= 4 is 5.91 Å². The molecule has 3 rings (SSSR count). The molecule has 6 nitrogen and oxygen atoms in total. The zero-order chi connectivity index (χ0) is 17.4. The summed E-state index contributed by atoms with van der Waals surface area (Å²) >= 11 is 0. The molecule has 0 N–H and O–H groups in total. The van der Waals surface area contributed by atoms with Crippen LogP contribution in [0.3, 0.4) is 0 Å². The average Bonchev–Trinajstić information content (AvgIpc) is 3.19. The number of hydrogen-bond acceptors (Lipinski definition) is 4. The number of likely N-dealkylation sites (N-methyl/N-ethyl adjacent to an activating group) is 1. The highest BCUT2D eigenvalue weighted by Crippen LogP contribution is 2.23. The van der Waals surface area contributed by atoms with Gasteiger partial charge in [-0.2, -0.15) is 5.10 Å². The highest BCUT2D eigenvalue weighted by molar-refractivity contribution is 5.91. The Morgan fingerprint density at radius 1 is 1.33 bits per heavy atom. The number of aryl methyl sites for hydroxylation is 2. The molecule has 1 aliphatic rings. The minimum absolute atomic E-state index is 0.0224. The van der Waals surface area contributed by atoms with Gasteiger partial charge in [0.15, 0.2) is 5.76 Å². The molecule has 0 bridgehead atoms. The lowest BCUT2D eigenvalue weighted by atomic mass is 10.1. The molecular weight excluding hydrogens is 304 g/mol. The average molecular weight is 330 g/mol. The minimum atomic E-state index is -0.0224. The lowest BCUT2D eigenvalue weighted by molar-refractivity contribution is 0.0747. The fraction of sp³-hybridized carbons (Fsp3) is 0.556. The molecule has 1 saturated heterocycles. The maximum atomic E-state index is 12.7. The van der Waals surface area contributed by atoms with Crippen molar-refractivity contribution < 1.29 is 9.21 Å². The van der Waals surface area contributed by atoms with E-state index in [0.29, 0.717) is 24.3 Å². The third-order valence-electron chi connectivity index (χ3n) is 4.80. The summed E-state index contributed by atoms with van der Waals surface area (Å²) in [5.74, 6) is 1.61. The molecule has 0 aromatic carbocycles. The zero-order valence-electron chi connectivity index (χ0n) is 15.1. The number of hydrogen-bond donors (Lipinski definition) is 0. The van der Waals surface area contributed by atoms with Gasteiger partial charge in [0.1, 0.15) is 5.76 Å². The Kier molecular flexibility index (Phi) is 4.49. The van der Waals surface area contributed by atoms with Crippen LogP contribution in [-0.4, -0.2) is 58.7 Å². The van der Waals surface area contributed by atoms with Crippen molar-refractivity contribution in [3.05, 3.63) is 41.1 Å². The van der Waals surface area contributed by atoms with Crippen LogP contribution in [0.4, 0.5) is 0 Å². The van der Waals surface area contributed by atoms with Gasteiger partial charge < -0.3 is 14.2 Å². The zero-order valence-corrected chi connectivity index (χ0v) is 15.1. The second-order valence-corrected chi connectivity index (χ2v) is 7.07. The van der Waals surface area contributed by atoms with E-state index in [1.165, 1.54) is 0 Å². The molecule has 0 aliphatic carbocycles. The van der Waals surface area contributed by atoms with Gasteiger partial charge in [-0.3, -0.25) is 9.48 Å². The number of carbonyl (C=O) groups is 1. The van der Waals surface area contributed by atoms with Crippen molar-refractivity contribution in [1.82, 2.24) is 19.6 Å². The molecule has 2 aromatic rings. The Labute approximate surface area is 143 Å². The van der Waals surface area contributed by atoms with E-state index in [-0.39, 0.29) is 5.91 Å². The molecular formula is C18H26N4O2. The number of nitrogens with zero attached hydrogens (tertiary/aromatic N) is 4. The highest BCUT2D eigenvalue weighted by Gasteiger charge is 2.34. The number of aromatic nitrogens is 2. The summed E-state index contributed by atoms with van der Waals surface area (Å²) in [5.41, 5.74) is 2.06. The SMILES string of the molecule is Cc1cc(C)n(Cc2ccc(C(=O)N3C[C@@H](N(C)C)[C@@H](C)C3)o2)n1. The Bertz CT molecular complexity index is 731. The molecule has 1 aliphatic heterocycles. The van der Waals surface area contributed by atoms with E-state index in [4.69, 9.17) is 4.42 Å².